The molecule has 0 N–H and O–H groups in total. The van der Waals surface area contributed by atoms with Crippen LogP contribution >= 0.6 is 10.7 Å². The predicted octanol–water partition coefficient (Wildman–Crippen LogP) is 1.87. The van der Waals surface area contributed by atoms with E-state index >= 15 is 0 Å². The van der Waals surface area contributed by atoms with E-state index in [9.17, 15) is 13.2 Å². The summed E-state index contributed by atoms with van der Waals surface area (Å²) < 4.78 is 32.9. The first-order chi connectivity index (χ1) is 8.86. The maximum Gasteiger partial charge on any atom is 0.338 e. The number of carbonyl (C=O) groups excluding carboxylic acids is 1. The van der Waals surface area contributed by atoms with E-state index in [1.165, 1.54) is 12.1 Å². The molecule has 0 bridgehead atoms. The number of hydrogen-bond donors (Lipinski definition) is 0. The molecule has 0 radical (unpaired) electrons. The predicted molar refractivity (Wildman–Crippen MR) is 68.9 cm³/mol. The van der Waals surface area contributed by atoms with Crippen LogP contribution in [0.1, 0.15) is 22.3 Å². The van der Waals surface area contributed by atoms with Crippen LogP contribution in [0.15, 0.2) is 23.1 Å². The van der Waals surface area contributed by atoms with Gasteiger partial charge in [0.2, 0.25) is 0 Å². The van der Waals surface area contributed by atoms with E-state index in [2.05, 4.69) is 0 Å². The summed E-state index contributed by atoms with van der Waals surface area (Å²) in [6, 6.07) is 4.18. The van der Waals surface area contributed by atoms with E-state index in [-0.39, 0.29) is 16.6 Å². The van der Waals surface area contributed by atoms with Gasteiger partial charge in [-0.1, -0.05) is 0 Å². The number of halogens is 1. The Morgan fingerprint density at radius 3 is 2.74 bits per heavy atom. The molecule has 1 aromatic carbocycles. The highest BCUT2D eigenvalue weighted by atomic mass is 35.7. The van der Waals surface area contributed by atoms with Gasteiger partial charge < -0.3 is 9.47 Å². The van der Waals surface area contributed by atoms with Crippen LogP contribution < -0.4 is 0 Å². The molecular weight excluding hydrogens is 292 g/mol. The summed E-state index contributed by atoms with van der Waals surface area (Å²) in [6.07, 6.45) is 0.377. The lowest BCUT2D eigenvalue weighted by Gasteiger charge is -2.11. The topological polar surface area (TPSA) is 69.7 Å². The summed E-state index contributed by atoms with van der Waals surface area (Å²) in [5, 5.41) is 0. The fourth-order valence-corrected chi connectivity index (χ4v) is 2.69. The first-order valence-corrected chi connectivity index (χ1v) is 8.02. The highest BCUT2D eigenvalue weighted by Crippen LogP contribution is 2.20. The third-order valence-electron chi connectivity index (χ3n) is 2.73. The smallest absolute Gasteiger partial charge is 0.338 e. The molecular formula is C12H13ClO5S. The van der Waals surface area contributed by atoms with E-state index in [0.29, 0.717) is 25.2 Å². The minimum Gasteiger partial charge on any atom is -0.456 e. The van der Waals surface area contributed by atoms with E-state index in [4.69, 9.17) is 20.2 Å². The highest BCUT2D eigenvalue weighted by Gasteiger charge is 2.22. The third kappa shape index (κ3) is 3.68. The molecule has 1 unspecified atom stereocenters. The first-order valence-electron chi connectivity index (χ1n) is 5.71. The van der Waals surface area contributed by atoms with E-state index < -0.39 is 15.0 Å². The average molecular weight is 305 g/mol. The molecule has 0 aliphatic carbocycles. The SMILES string of the molecule is Cc1cc(C(=O)OC2CCOC2)cc(S(=O)(=O)Cl)c1. The van der Waals surface area contributed by atoms with Crippen molar-refractivity contribution in [1.29, 1.82) is 0 Å². The molecule has 0 aromatic heterocycles. The molecule has 1 heterocycles. The fourth-order valence-electron chi connectivity index (χ4n) is 1.83. The van der Waals surface area contributed by atoms with Gasteiger partial charge in [-0.3, -0.25) is 0 Å². The first kappa shape index (κ1) is 14.3. The number of ether oxygens (including phenoxy) is 2. The molecule has 1 fully saturated rings. The number of carbonyl (C=O) groups is 1. The van der Waals surface area contributed by atoms with Gasteiger partial charge in [0, 0.05) is 17.1 Å². The normalized spacial score (nSPS) is 19.4. The molecule has 1 saturated heterocycles. The number of esters is 1. The number of hydrogen-bond acceptors (Lipinski definition) is 5. The van der Waals surface area contributed by atoms with Crippen molar-refractivity contribution in [3.8, 4) is 0 Å². The average Bonchev–Trinajstić information content (AvgIpc) is 2.79. The second kappa shape index (κ2) is 5.48. The Morgan fingerprint density at radius 2 is 2.16 bits per heavy atom. The Bertz CT molecular complexity index is 590. The maximum atomic E-state index is 11.9. The van der Waals surface area contributed by atoms with Crippen molar-refractivity contribution in [2.75, 3.05) is 13.2 Å². The van der Waals surface area contributed by atoms with Crippen LogP contribution in [0.4, 0.5) is 0 Å². The largest absolute Gasteiger partial charge is 0.456 e. The lowest BCUT2D eigenvalue weighted by molar-refractivity contribution is 0.0270. The van der Waals surface area contributed by atoms with E-state index in [0.717, 1.165) is 0 Å². The van der Waals surface area contributed by atoms with Gasteiger partial charge in [-0.15, -0.1) is 0 Å². The van der Waals surface area contributed by atoms with E-state index in [1.54, 1.807) is 13.0 Å². The molecule has 7 heteroatoms. The molecule has 19 heavy (non-hydrogen) atoms. The van der Waals surface area contributed by atoms with Gasteiger partial charge >= 0.3 is 5.97 Å². The van der Waals surface area contributed by atoms with Gasteiger partial charge in [0.1, 0.15) is 6.10 Å². The monoisotopic (exact) mass is 304 g/mol. The molecule has 104 valence electrons. The highest BCUT2D eigenvalue weighted by molar-refractivity contribution is 8.13. The van der Waals surface area contributed by atoms with Crippen molar-refractivity contribution in [3.05, 3.63) is 29.3 Å². The van der Waals surface area contributed by atoms with Crippen LogP contribution in [0.2, 0.25) is 0 Å². The van der Waals surface area contributed by atoms with E-state index in [1.807, 2.05) is 0 Å². The Kier molecular flexibility index (Phi) is 4.13. The third-order valence-corrected chi connectivity index (χ3v) is 4.06. The Morgan fingerprint density at radius 1 is 1.42 bits per heavy atom. The van der Waals surface area contributed by atoms with Crippen LogP contribution in [0.3, 0.4) is 0 Å². The van der Waals surface area contributed by atoms with Crippen LogP contribution in [-0.2, 0) is 18.5 Å². The minimum atomic E-state index is -3.87. The Labute approximate surface area is 115 Å². The van der Waals surface area contributed by atoms with Crippen LogP contribution in [0.25, 0.3) is 0 Å². The minimum absolute atomic E-state index is 0.108. The summed E-state index contributed by atoms with van der Waals surface area (Å²) in [6.45, 7) is 2.62. The summed E-state index contributed by atoms with van der Waals surface area (Å²) in [4.78, 5) is 11.8. The zero-order valence-corrected chi connectivity index (χ0v) is 11.8. The van der Waals surface area contributed by atoms with Crippen LogP contribution in [-0.4, -0.2) is 33.7 Å². The molecule has 1 aliphatic heterocycles. The lowest BCUT2D eigenvalue weighted by Crippen LogP contribution is -2.18. The zero-order valence-electron chi connectivity index (χ0n) is 10.3. The Balaban J connectivity index is 2.24. The summed E-state index contributed by atoms with van der Waals surface area (Å²) in [5.74, 6) is -0.569. The maximum absolute atomic E-state index is 11.9. The lowest BCUT2D eigenvalue weighted by atomic mass is 10.1. The van der Waals surface area contributed by atoms with Crippen molar-refractivity contribution in [3.63, 3.8) is 0 Å². The molecule has 1 aromatic rings. The second-order valence-electron chi connectivity index (χ2n) is 4.36. The van der Waals surface area contributed by atoms with Gasteiger partial charge in [-0.25, -0.2) is 13.2 Å². The van der Waals surface area contributed by atoms with Gasteiger partial charge in [0.05, 0.1) is 23.7 Å². The molecule has 1 aliphatic rings. The van der Waals surface area contributed by atoms with Crippen molar-refractivity contribution >= 4 is 25.7 Å². The number of aryl methyl sites for hydroxylation is 1. The van der Waals surface area contributed by atoms with Gasteiger partial charge in [-0.05, 0) is 30.7 Å². The summed E-state index contributed by atoms with van der Waals surface area (Å²) in [5.41, 5.74) is 0.794. The molecule has 0 saturated carbocycles. The molecule has 5 nitrogen and oxygen atoms in total. The van der Waals surface area contributed by atoms with Crippen LogP contribution in [0.5, 0.6) is 0 Å². The van der Waals surface area contributed by atoms with Crippen molar-refractivity contribution in [2.24, 2.45) is 0 Å². The number of rotatable bonds is 3. The quantitative estimate of drug-likeness (QED) is 0.630. The summed E-state index contributed by atoms with van der Waals surface area (Å²) >= 11 is 0. The second-order valence-corrected chi connectivity index (χ2v) is 6.93. The fraction of sp³-hybridized carbons (Fsp3) is 0.417. The van der Waals surface area contributed by atoms with Gasteiger partial charge in [0.15, 0.2) is 0 Å². The Hall–Kier alpha value is -1.11. The van der Waals surface area contributed by atoms with Crippen molar-refractivity contribution in [1.82, 2.24) is 0 Å². The molecule has 1 atom stereocenters. The molecule has 0 amide bonds. The standard InChI is InChI=1S/C12H13ClO5S/c1-8-4-9(6-11(5-8)19(13,15)16)12(14)18-10-2-3-17-7-10/h4-6,10H,2-3,7H2,1H3. The van der Waals surface area contributed by atoms with Crippen molar-refractivity contribution in [2.45, 2.75) is 24.3 Å². The van der Waals surface area contributed by atoms with Crippen LogP contribution in [0, 0.1) is 6.92 Å². The zero-order chi connectivity index (χ0) is 14.0. The van der Waals surface area contributed by atoms with Crippen molar-refractivity contribution < 1.29 is 22.7 Å². The molecule has 2 rings (SSSR count). The van der Waals surface area contributed by atoms with Gasteiger partial charge in [0.25, 0.3) is 9.05 Å². The summed E-state index contributed by atoms with van der Waals surface area (Å²) in [7, 11) is 1.41. The number of benzene rings is 1. The molecule has 0 spiro atoms. The van der Waals surface area contributed by atoms with Gasteiger partial charge in [-0.2, -0.15) is 0 Å².